The van der Waals surface area contributed by atoms with E-state index < -0.39 is 0 Å². The summed E-state index contributed by atoms with van der Waals surface area (Å²) in [6.45, 7) is 3.64. The molecule has 0 aliphatic carbocycles. The van der Waals surface area contributed by atoms with Crippen molar-refractivity contribution in [2.45, 2.75) is 0 Å². The predicted octanol–water partition coefficient (Wildman–Crippen LogP) is 4.44. The molecule has 1 heterocycles. The topological polar surface area (TPSA) is 34.1 Å². The Hall–Kier alpha value is -3.29. The number of rotatable bonds is 5. The molecule has 28 heavy (non-hydrogen) atoms. The Morgan fingerprint density at radius 2 is 1.82 bits per heavy atom. The summed E-state index contributed by atoms with van der Waals surface area (Å²) < 4.78 is 11.2. The van der Waals surface area contributed by atoms with Crippen molar-refractivity contribution in [1.29, 1.82) is 0 Å². The van der Waals surface area contributed by atoms with Crippen LogP contribution in [0.2, 0.25) is 0 Å². The van der Waals surface area contributed by atoms with Crippen LogP contribution < -0.4 is 9.64 Å². The number of aliphatic imine (C=N–C) groups is 1. The van der Waals surface area contributed by atoms with Crippen molar-refractivity contribution in [3.63, 3.8) is 0 Å². The predicted molar refractivity (Wildman–Crippen MR) is 115 cm³/mol. The lowest BCUT2D eigenvalue weighted by Gasteiger charge is -2.28. The molecule has 1 fully saturated rings. The summed E-state index contributed by atoms with van der Waals surface area (Å²) in [5.41, 5.74) is 3.03. The van der Waals surface area contributed by atoms with Crippen LogP contribution in [0.1, 0.15) is 5.56 Å². The first-order valence-electron chi connectivity index (χ1n) is 9.40. The van der Waals surface area contributed by atoms with Crippen LogP contribution in [0.4, 0.5) is 11.4 Å². The van der Waals surface area contributed by atoms with Gasteiger partial charge in [0.1, 0.15) is 12.4 Å². The monoisotopic (exact) mass is 370 g/mol. The first kappa shape index (κ1) is 18.1. The Labute approximate surface area is 165 Å². The zero-order chi connectivity index (χ0) is 19.2. The van der Waals surface area contributed by atoms with E-state index in [1.807, 2.05) is 42.6 Å². The molecule has 0 bridgehead atoms. The third-order valence-electron chi connectivity index (χ3n) is 4.81. The average molecular weight is 370 g/mol. The van der Waals surface area contributed by atoms with Crippen molar-refractivity contribution >= 4 is 28.4 Å². The van der Waals surface area contributed by atoms with E-state index in [1.165, 1.54) is 5.69 Å². The van der Waals surface area contributed by atoms with Crippen LogP contribution >= 0.6 is 0 Å². The zero-order valence-electron chi connectivity index (χ0n) is 15.7. The first-order valence-corrected chi connectivity index (χ1v) is 9.40. The number of ether oxygens (including phenoxy) is 2. The quantitative estimate of drug-likeness (QED) is 0.492. The van der Waals surface area contributed by atoms with Gasteiger partial charge in [-0.05, 0) is 41.1 Å². The molecule has 4 nitrogen and oxygen atoms in total. The molecule has 3 aromatic rings. The van der Waals surface area contributed by atoms with Gasteiger partial charge in [-0.15, -0.1) is 6.42 Å². The van der Waals surface area contributed by atoms with Gasteiger partial charge < -0.3 is 14.4 Å². The van der Waals surface area contributed by atoms with Crippen LogP contribution in [0, 0.1) is 12.3 Å². The number of hydrogen-bond acceptors (Lipinski definition) is 4. The fourth-order valence-electron chi connectivity index (χ4n) is 3.36. The number of benzene rings is 3. The maximum absolute atomic E-state index is 5.74. The molecular weight excluding hydrogens is 348 g/mol. The van der Waals surface area contributed by atoms with Gasteiger partial charge in [0.15, 0.2) is 0 Å². The van der Waals surface area contributed by atoms with Gasteiger partial charge in [-0.3, -0.25) is 4.99 Å². The summed E-state index contributed by atoms with van der Waals surface area (Å²) in [7, 11) is 0. The van der Waals surface area contributed by atoms with Gasteiger partial charge in [-0.25, -0.2) is 0 Å². The molecule has 0 radical (unpaired) electrons. The molecule has 1 aliphatic rings. The normalized spacial score (nSPS) is 14.3. The van der Waals surface area contributed by atoms with Crippen LogP contribution in [-0.4, -0.2) is 39.1 Å². The summed E-state index contributed by atoms with van der Waals surface area (Å²) in [5, 5.41) is 2.23. The minimum Gasteiger partial charge on any atom is -0.480 e. The van der Waals surface area contributed by atoms with Crippen molar-refractivity contribution in [3.05, 3.63) is 66.2 Å². The highest BCUT2D eigenvalue weighted by Crippen LogP contribution is 2.28. The Morgan fingerprint density at radius 3 is 2.61 bits per heavy atom. The number of terminal acetylenes is 1. The molecule has 3 aromatic carbocycles. The molecule has 0 amide bonds. The van der Waals surface area contributed by atoms with Crippen LogP contribution in [0.3, 0.4) is 0 Å². The highest BCUT2D eigenvalue weighted by atomic mass is 16.5. The molecule has 0 saturated carbocycles. The van der Waals surface area contributed by atoms with Gasteiger partial charge in [0.25, 0.3) is 0 Å². The highest BCUT2D eigenvalue weighted by Gasteiger charge is 2.11. The largest absolute Gasteiger partial charge is 0.480 e. The maximum Gasteiger partial charge on any atom is 0.148 e. The lowest BCUT2D eigenvalue weighted by Crippen LogP contribution is -2.36. The lowest BCUT2D eigenvalue weighted by atomic mass is 10.0. The standard InChI is InChI=1S/C24H22N2O2/c1-2-15-28-24-12-7-19-5-3-4-6-22(19)23(24)18-25-20-8-10-21(11-9-20)26-13-16-27-17-14-26/h1,3-12,18H,13-17H2. The molecule has 4 rings (SSSR count). The van der Waals surface area contributed by atoms with Crippen LogP contribution in [0.15, 0.2) is 65.7 Å². The molecule has 0 spiro atoms. The van der Waals surface area contributed by atoms with E-state index >= 15 is 0 Å². The Balaban J connectivity index is 1.61. The molecule has 1 aliphatic heterocycles. The maximum atomic E-state index is 5.74. The zero-order valence-corrected chi connectivity index (χ0v) is 15.7. The van der Waals surface area contributed by atoms with Crippen molar-refractivity contribution in [2.75, 3.05) is 37.8 Å². The molecule has 4 heteroatoms. The number of anilines is 1. The molecule has 140 valence electrons. The summed E-state index contributed by atoms with van der Waals surface area (Å²) in [5.74, 6) is 3.26. The van der Waals surface area contributed by atoms with E-state index in [0.717, 1.165) is 54.1 Å². The summed E-state index contributed by atoms with van der Waals surface area (Å²) in [6, 6.07) is 20.5. The van der Waals surface area contributed by atoms with Gasteiger partial charge in [0, 0.05) is 30.6 Å². The van der Waals surface area contributed by atoms with Crippen molar-refractivity contribution in [2.24, 2.45) is 4.99 Å². The Bertz CT molecular complexity index is 1010. The summed E-state index contributed by atoms with van der Waals surface area (Å²) in [4.78, 5) is 7.01. The van der Waals surface area contributed by atoms with E-state index in [2.05, 4.69) is 40.1 Å². The van der Waals surface area contributed by atoms with Gasteiger partial charge in [-0.1, -0.05) is 36.3 Å². The number of nitrogens with zero attached hydrogens (tertiary/aromatic N) is 2. The smallest absolute Gasteiger partial charge is 0.148 e. The highest BCUT2D eigenvalue weighted by molar-refractivity contribution is 6.03. The Kier molecular flexibility index (Phi) is 5.56. The third-order valence-corrected chi connectivity index (χ3v) is 4.81. The summed E-state index contributed by atoms with van der Waals surface area (Å²) in [6.07, 6.45) is 7.22. The second-order valence-corrected chi connectivity index (χ2v) is 6.57. The van der Waals surface area contributed by atoms with Crippen molar-refractivity contribution in [3.8, 4) is 18.1 Å². The average Bonchev–Trinajstić information content (AvgIpc) is 2.77. The van der Waals surface area contributed by atoms with E-state index in [4.69, 9.17) is 15.9 Å². The van der Waals surface area contributed by atoms with Crippen molar-refractivity contribution in [1.82, 2.24) is 0 Å². The van der Waals surface area contributed by atoms with Crippen LogP contribution in [0.5, 0.6) is 5.75 Å². The van der Waals surface area contributed by atoms with Gasteiger partial charge in [-0.2, -0.15) is 0 Å². The van der Waals surface area contributed by atoms with Crippen LogP contribution in [-0.2, 0) is 4.74 Å². The second kappa shape index (κ2) is 8.60. The number of fused-ring (bicyclic) bond motifs is 1. The van der Waals surface area contributed by atoms with Crippen LogP contribution in [0.25, 0.3) is 10.8 Å². The number of hydrogen-bond donors (Lipinski definition) is 0. The van der Waals surface area contributed by atoms with E-state index in [0.29, 0.717) is 0 Å². The molecule has 0 atom stereocenters. The molecule has 0 unspecified atom stereocenters. The third kappa shape index (κ3) is 4.00. The minimum absolute atomic E-state index is 0.230. The second-order valence-electron chi connectivity index (χ2n) is 6.57. The SMILES string of the molecule is C#CCOc1ccc2ccccc2c1C=Nc1ccc(N2CCOCC2)cc1. The lowest BCUT2D eigenvalue weighted by molar-refractivity contribution is 0.122. The molecular formula is C24H22N2O2. The minimum atomic E-state index is 0.230. The fraction of sp³-hybridized carbons (Fsp3) is 0.208. The molecule has 0 N–H and O–H groups in total. The van der Waals surface area contributed by atoms with Gasteiger partial charge >= 0.3 is 0 Å². The van der Waals surface area contributed by atoms with Gasteiger partial charge in [0.2, 0.25) is 0 Å². The number of morpholine rings is 1. The summed E-state index contributed by atoms with van der Waals surface area (Å²) >= 11 is 0. The van der Waals surface area contributed by atoms with E-state index in [-0.39, 0.29) is 6.61 Å². The van der Waals surface area contributed by atoms with E-state index in [1.54, 1.807) is 0 Å². The molecule has 0 aromatic heterocycles. The van der Waals surface area contributed by atoms with E-state index in [9.17, 15) is 0 Å². The van der Waals surface area contributed by atoms with Crippen molar-refractivity contribution < 1.29 is 9.47 Å². The molecule has 1 saturated heterocycles. The Morgan fingerprint density at radius 1 is 1.04 bits per heavy atom. The fourth-order valence-corrected chi connectivity index (χ4v) is 3.36. The van der Waals surface area contributed by atoms with Gasteiger partial charge in [0.05, 0.1) is 18.9 Å². The first-order chi connectivity index (χ1) is 13.8.